The summed E-state index contributed by atoms with van der Waals surface area (Å²) >= 11 is 0. The molecule has 2 aromatic rings. The number of aromatic nitrogens is 2. The van der Waals surface area contributed by atoms with E-state index in [1.54, 1.807) is 16.9 Å². The lowest BCUT2D eigenvalue weighted by Crippen LogP contribution is -1.98. The van der Waals surface area contributed by atoms with Crippen LogP contribution in [0.1, 0.15) is 5.69 Å². The summed E-state index contributed by atoms with van der Waals surface area (Å²) in [7, 11) is 0. The zero-order valence-corrected chi connectivity index (χ0v) is 7.29. The van der Waals surface area contributed by atoms with Gasteiger partial charge in [-0.3, -0.25) is 0 Å². The summed E-state index contributed by atoms with van der Waals surface area (Å²) in [4.78, 5) is 0. The molecule has 1 heterocycles. The number of benzene rings is 1. The lowest BCUT2D eigenvalue weighted by molar-refractivity contribution is 0.868. The molecular formula is C10H7N3O. The predicted octanol–water partition coefficient (Wildman–Crippen LogP) is 2.05. The number of rotatable bonds is 1. The van der Waals surface area contributed by atoms with Gasteiger partial charge >= 0.3 is 6.07 Å². The highest BCUT2D eigenvalue weighted by molar-refractivity contribution is 5.37. The molecule has 0 N–H and O–H groups in total. The molecule has 14 heavy (non-hydrogen) atoms. The minimum atomic E-state index is 0.547. The highest BCUT2D eigenvalue weighted by Gasteiger charge is 2.05. The van der Waals surface area contributed by atoms with Crippen molar-refractivity contribution in [3.63, 3.8) is 0 Å². The molecule has 0 bridgehead atoms. The molecule has 4 nitrogen and oxygen atoms in total. The van der Waals surface area contributed by atoms with Gasteiger partial charge in [0, 0.05) is 5.01 Å². The van der Waals surface area contributed by atoms with Crippen molar-refractivity contribution < 1.29 is 0 Å². The van der Waals surface area contributed by atoms with Gasteiger partial charge in [0.15, 0.2) is 5.69 Å². The molecular weight excluding hydrogens is 178 g/mol. The minimum Gasteiger partial charge on any atom is -0.498 e. The quantitative estimate of drug-likeness (QED) is 0.638. The molecule has 0 saturated carbocycles. The van der Waals surface area contributed by atoms with E-state index in [9.17, 15) is 5.21 Å². The molecule has 0 saturated heterocycles. The van der Waals surface area contributed by atoms with Crippen molar-refractivity contribution in [2.24, 2.45) is 0 Å². The first kappa shape index (κ1) is 8.32. The lowest BCUT2D eigenvalue weighted by Gasteiger charge is -1.99. The molecule has 68 valence electrons. The van der Waals surface area contributed by atoms with E-state index in [-0.39, 0.29) is 0 Å². The van der Waals surface area contributed by atoms with E-state index in [0.717, 1.165) is 5.69 Å². The Labute approximate surface area is 80.8 Å². The van der Waals surface area contributed by atoms with Gasteiger partial charge in [0.25, 0.3) is 0 Å². The van der Waals surface area contributed by atoms with Crippen LogP contribution in [0, 0.1) is 11.3 Å². The van der Waals surface area contributed by atoms with Crippen LogP contribution in [0.5, 0.6) is 0 Å². The summed E-state index contributed by atoms with van der Waals surface area (Å²) < 4.78 is 1.60. The van der Waals surface area contributed by atoms with E-state index < -0.39 is 0 Å². The zero-order valence-electron chi connectivity index (χ0n) is 7.29. The van der Waals surface area contributed by atoms with Crippen molar-refractivity contribution in [3.05, 3.63) is 58.5 Å². The number of nitrogens with zero attached hydrogens (tertiary/aromatic N) is 3. The molecule has 1 aromatic heterocycles. The van der Waals surface area contributed by atoms with Gasteiger partial charge in [-0.25, -0.2) is 4.68 Å². The van der Waals surface area contributed by atoms with Crippen molar-refractivity contribution in [2.75, 3.05) is 0 Å². The van der Waals surface area contributed by atoms with Gasteiger partial charge in [-0.1, -0.05) is 18.2 Å². The largest absolute Gasteiger partial charge is 0.498 e. The summed E-state index contributed by atoms with van der Waals surface area (Å²) in [6.07, 6.45) is 1.60. The smallest absolute Gasteiger partial charge is 0.357 e. The fraction of sp³-hybridized carbons (Fsp3) is 0. The Balaban J connectivity index is 2.50. The molecule has 0 radical (unpaired) electrons. The molecule has 4 heteroatoms. The van der Waals surface area contributed by atoms with Crippen LogP contribution >= 0.6 is 0 Å². The van der Waals surface area contributed by atoms with Crippen LogP contribution in [0.25, 0.3) is 10.7 Å². The number of para-hydroxylation sites is 1. The van der Waals surface area contributed by atoms with Crippen LogP contribution in [-0.2, 0) is 0 Å². The first-order valence-corrected chi connectivity index (χ1v) is 4.09. The van der Waals surface area contributed by atoms with Crippen LogP contribution < -0.4 is 0 Å². The summed E-state index contributed by atoms with van der Waals surface area (Å²) in [5.74, 6) is 0. The Hall–Kier alpha value is -2.28. The first-order valence-electron chi connectivity index (χ1n) is 4.09. The summed E-state index contributed by atoms with van der Waals surface area (Å²) in [5, 5.41) is 16.7. The average molecular weight is 185 g/mol. The fourth-order valence-corrected chi connectivity index (χ4v) is 1.21. The second kappa shape index (κ2) is 3.62. The SMILES string of the molecule is [O-][N+]#Cc1ccnn1-c1ccccc1. The van der Waals surface area contributed by atoms with Crippen LogP contribution in [0.2, 0.25) is 0 Å². The molecule has 0 aliphatic rings. The highest BCUT2D eigenvalue weighted by Crippen LogP contribution is 2.08. The van der Waals surface area contributed by atoms with Crippen LogP contribution in [-0.4, -0.2) is 9.78 Å². The second-order valence-electron chi connectivity index (χ2n) is 2.67. The third-order valence-electron chi connectivity index (χ3n) is 1.80. The lowest BCUT2D eigenvalue weighted by atomic mass is 10.3. The van der Waals surface area contributed by atoms with Crippen molar-refractivity contribution in [3.8, 4) is 11.8 Å². The Kier molecular flexibility index (Phi) is 2.15. The third kappa shape index (κ3) is 1.43. The van der Waals surface area contributed by atoms with Crippen LogP contribution in [0.4, 0.5) is 0 Å². The number of hydrogen-bond acceptors (Lipinski definition) is 2. The molecule has 0 aliphatic carbocycles. The van der Waals surface area contributed by atoms with E-state index in [4.69, 9.17) is 0 Å². The normalized spacial score (nSPS) is 9.14. The first-order chi connectivity index (χ1) is 6.92. The van der Waals surface area contributed by atoms with Gasteiger partial charge in [-0.15, -0.1) is 0 Å². The Morgan fingerprint density at radius 1 is 1.21 bits per heavy atom. The highest BCUT2D eigenvalue weighted by atomic mass is 16.4. The molecule has 2 rings (SSSR count). The maximum Gasteiger partial charge on any atom is 0.357 e. The molecule has 1 aromatic carbocycles. The zero-order chi connectivity index (χ0) is 9.80. The van der Waals surface area contributed by atoms with E-state index in [0.29, 0.717) is 5.69 Å². The van der Waals surface area contributed by atoms with Gasteiger partial charge in [0.05, 0.1) is 11.9 Å². The molecule has 0 aliphatic heterocycles. The molecule has 0 unspecified atom stereocenters. The Morgan fingerprint density at radius 3 is 2.71 bits per heavy atom. The standard InChI is InChI=1S/C10H7N3O/c14-12-8-10-6-7-11-13(10)9-4-2-1-3-5-9/h1-7H. The van der Waals surface area contributed by atoms with Gasteiger partial charge in [0.1, 0.15) is 0 Å². The maximum absolute atomic E-state index is 10.1. The summed E-state index contributed by atoms with van der Waals surface area (Å²) in [6.45, 7) is 0. The third-order valence-corrected chi connectivity index (χ3v) is 1.80. The average Bonchev–Trinajstić information content (AvgIpc) is 2.68. The van der Waals surface area contributed by atoms with Crippen molar-refractivity contribution in [2.45, 2.75) is 0 Å². The number of hydrogen-bond donors (Lipinski definition) is 0. The molecule has 0 fully saturated rings. The molecule has 0 spiro atoms. The van der Waals surface area contributed by atoms with Gasteiger partial charge in [-0.2, -0.15) is 5.10 Å². The van der Waals surface area contributed by atoms with E-state index in [1.165, 1.54) is 0 Å². The van der Waals surface area contributed by atoms with Gasteiger partial charge in [0.2, 0.25) is 0 Å². The van der Waals surface area contributed by atoms with Gasteiger partial charge < -0.3 is 5.21 Å². The summed E-state index contributed by atoms with van der Waals surface area (Å²) in [6, 6.07) is 13.5. The van der Waals surface area contributed by atoms with Crippen LogP contribution in [0.3, 0.4) is 0 Å². The van der Waals surface area contributed by atoms with E-state index in [1.807, 2.05) is 30.3 Å². The van der Waals surface area contributed by atoms with Crippen molar-refractivity contribution >= 4 is 0 Å². The molecule has 0 atom stereocenters. The van der Waals surface area contributed by atoms with Crippen molar-refractivity contribution in [1.82, 2.24) is 9.78 Å². The maximum atomic E-state index is 10.1. The fourth-order valence-electron chi connectivity index (χ4n) is 1.21. The Bertz CT molecular complexity index is 479. The monoisotopic (exact) mass is 185 g/mol. The van der Waals surface area contributed by atoms with E-state index in [2.05, 4.69) is 16.2 Å². The molecule has 0 amide bonds. The topological polar surface area (TPSA) is 45.2 Å². The van der Waals surface area contributed by atoms with Crippen molar-refractivity contribution in [1.29, 1.82) is 0 Å². The van der Waals surface area contributed by atoms with Crippen LogP contribution in [0.15, 0.2) is 42.6 Å². The predicted molar refractivity (Wildman–Crippen MR) is 53.3 cm³/mol. The minimum absolute atomic E-state index is 0.547. The Morgan fingerprint density at radius 2 is 2.00 bits per heavy atom. The van der Waals surface area contributed by atoms with Gasteiger partial charge in [-0.05, 0) is 18.2 Å². The van der Waals surface area contributed by atoms with E-state index >= 15 is 0 Å². The summed E-state index contributed by atoms with van der Waals surface area (Å²) in [5.41, 5.74) is 1.43. The second-order valence-corrected chi connectivity index (χ2v) is 2.67.